The Morgan fingerprint density at radius 2 is 2.00 bits per heavy atom. The average Bonchev–Trinajstić information content (AvgIpc) is 2.34. The minimum atomic E-state index is -4.89. The highest BCUT2D eigenvalue weighted by atomic mass is 32.2. The number of sulfonamides is 1. The Balaban J connectivity index is 2.15. The van der Waals surface area contributed by atoms with Crippen molar-refractivity contribution in [1.29, 1.82) is 0 Å². The zero-order chi connectivity index (χ0) is 15.7. The van der Waals surface area contributed by atoms with Crippen molar-refractivity contribution in [2.75, 3.05) is 11.5 Å². The summed E-state index contributed by atoms with van der Waals surface area (Å²) in [4.78, 5) is 12.0. The molecule has 0 aliphatic carbocycles. The monoisotopic (exact) mass is 339 g/mol. The SMILES string of the molecule is O=C(NS(=O)(=O)CC(F)(F)F)C1SCCc2ccccc21. The summed E-state index contributed by atoms with van der Waals surface area (Å²) in [6.45, 7) is 0. The largest absolute Gasteiger partial charge is 0.404 e. The van der Waals surface area contributed by atoms with Crippen LogP contribution in [0.2, 0.25) is 0 Å². The number of nitrogens with one attached hydrogen (secondary N) is 1. The molecular weight excluding hydrogens is 327 g/mol. The maximum absolute atomic E-state index is 12.1. The lowest BCUT2D eigenvalue weighted by Crippen LogP contribution is -2.39. The van der Waals surface area contributed by atoms with Crippen LogP contribution in [-0.4, -0.2) is 32.0 Å². The van der Waals surface area contributed by atoms with Gasteiger partial charge in [-0.25, -0.2) is 8.42 Å². The molecule has 1 heterocycles. The molecule has 0 spiro atoms. The smallest absolute Gasteiger partial charge is 0.272 e. The van der Waals surface area contributed by atoms with Gasteiger partial charge in [0.2, 0.25) is 10.0 Å². The van der Waals surface area contributed by atoms with Crippen molar-refractivity contribution in [2.45, 2.75) is 17.8 Å². The lowest BCUT2D eigenvalue weighted by molar-refractivity contribution is -0.119. The molecule has 0 aromatic heterocycles. The molecule has 0 fully saturated rings. The van der Waals surface area contributed by atoms with Crippen LogP contribution in [-0.2, 0) is 21.2 Å². The van der Waals surface area contributed by atoms with Gasteiger partial charge in [0.25, 0.3) is 5.91 Å². The van der Waals surface area contributed by atoms with Crippen LogP contribution in [0.1, 0.15) is 16.4 Å². The molecule has 1 amide bonds. The number of hydrogen-bond donors (Lipinski definition) is 1. The maximum Gasteiger partial charge on any atom is 0.404 e. The third-order valence-electron chi connectivity index (χ3n) is 2.84. The Kier molecular flexibility index (Phi) is 4.52. The first-order valence-electron chi connectivity index (χ1n) is 5.98. The van der Waals surface area contributed by atoms with E-state index in [4.69, 9.17) is 0 Å². The van der Waals surface area contributed by atoms with E-state index >= 15 is 0 Å². The molecule has 116 valence electrons. The summed E-state index contributed by atoms with van der Waals surface area (Å²) in [6, 6.07) is 7.00. The number of thioether (sulfide) groups is 1. The van der Waals surface area contributed by atoms with Crippen molar-refractivity contribution in [3.05, 3.63) is 35.4 Å². The molecule has 0 saturated heterocycles. The summed E-state index contributed by atoms with van der Waals surface area (Å²) in [6.07, 6.45) is -4.15. The minimum absolute atomic E-state index is 0.606. The fraction of sp³-hybridized carbons (Fsp3) is 0.417. The Bertz CT molecular complexity index is 643. The highest BCUT2D eigenvalue weighted by molar-refractivity contribution is 8.00. The van der Waals surface area contributed by atoms with E-state index in [9.17, 15) is 26.4 Å². The number of alkyl halides is 3. The van der Waals surface area contributed by atoms with Gasteiger partial charge in [-0.15, -0.1) is 11.8 Å². The number of rotatable bonds is 3. The quantitative estimate of drug-likeness (QED) is 0.915. The summed E-state index contributed by atoms with van der Waals surface area (Å²) >= 11 is 1.21. The lowest BCUT2D eigenvalue weighted by atomic mass is 10.0. The van der Waals surface area contributed by atoms with Crippen LogP contribution in [0.3, 0.4) is 0 Å². The normalized spacial score (nSPS) is 18.9. The standard InChI is InChI=1S/C12H12F3NO3S2/c13-12(14,15)7-21(18,19)16-11(17)10-9-4-2-1-3-8(9)5-6-20-10/h1-4,10H,5-7H2,(H,16,17). The number of aryl methyl sites for hydroxylation is 1. The molecule has 1 aliphatic rings. The van der Waals surface area contributed by atoms with Gasteiger partial charge in [-0.1, -0.05) is 24.3 Å². The van der Waals surface area contributed by atoms with E-state index in [0.717, 1.165) is 12.0 Å². The van der Waals surface area contributed by atoms with E-state index in [1.54, 1.807) is 18.2 Å². The second-order valence-electron chi connectivity index (χ2n) is 4.54. The fourth-order valence-electron chi connectivity index (χ4n) is 2.07. The first-order chi connectivity index (χ1) is 9.68. The molecule has 1 N–H and O–H groups in total. The zero-order valence-electron chi connectivity index (χ0n) is 10.7. The van der Waals surface area contributed by atoms with Crippen molar-refractivity contribution in [3.8, 4) is 0 Å². The van der Waals surface area contributed by atoms with Crippen molar-refractivity contribution in [2.24, 2.45) is 0 Å². The summed E-state index contributed by atoms with van der Waals surface area (Å²) in [5.74, 6) is -2.39. The highest BCUT2D eigenvalue weighted by Crippen LogP contribution is 2.36. The molecule has 1 aromatic carbocycles. The van der Waals surface area contributed by atoms with E-state index in [0.29, 0.717) is 11.3 Å². The van der Waals surface area contributed by atoms with Crippen LogP contribution >= 0.6 is 11.8 Å². The summed E-state index contributed by atoms with van der Waals surface area (Å²) in [5, 5.41) is -0.807. The van der Waals surface area contributed by atoms with Gasteiger partial charge in [0.1, 0.15) is 5.25 Å². The molecule has 1 atom stereocenters. The minimum Gasteiger partial charge on any atom is -0.272 e. The van der Waals surface area contributed by atoms with Gasteiger partial charge in [0.05, 0.1) is 0 Å². The predicted octanol–water partition coefficient (Wildman–Crippen LogP) is 2.03. The highest BCUT2D eigenvalue weighted by Gasteiger charge is 2.37. The van der Waals surface area contributed by atoms with Crippen LogP contribution in [0.15, 0.2) is 24.3 Å². The third-order valence-corrected chi connectivity index (χ3v) is 5.30. The number of halogens is 3. The molecule has 1 unspecified atom stereocenters. The molecule has 0 saturated carbocycles. The molecule has 4 nitrogen and oxygen atoms in total. The fourth-order valence-corrected chi connectivity index (χ4v) is 4.26. The van der Waals surface area contributed by atoms with E-state index < -0.39 is 33.1 Å². The average molecular weight is 339 g/mol. The van der Waals surface area contributed by atoms with Crippen LogP contribution in [0.25, 0.3) is 0 Å². The van der Waals surface area contributed by atoms with Gasteiger partial charge in [-0.3, -0.25) is 9.52 Å². The van der Waals surface area contributed by atoms with E-state index in [2.05, 4.69) is 0 Å². The van der Waals surface area contributed by atoms with E-state index in [-0.39, 0.29) is 0 Å². The molecule has 2 rings (SSSR count). The van der Waals surface area contributed by atoms with Crippen LogP contribution in [0, 0.1) is 0 Å². The molecule has 1 aliphatic heterocycles. The van der Waals surface area contributed by atoms with Gasteiger partial charge >= 0.3 is 6.18 Å². The third kappa shape index (κ3) is 4.37. The maximum atomic E-state index is 12.1. The number of fused-ring (bicyclic) bond motifs is 1. The molecule has 1 aromatic rings. The van der Waals surface area contributed by atoms with E-state index in [1.165, 1.54) is 16.5 Å². The van der Waals surface area contributed by atoms with Gasteiger partial charge in [0, 0.05) is 0 Å². The number of hydrogen-bond acceptors (Lipinski definition) is 4. The molecular formula is C12H12F3NO3S2. The molecule has 21 heavy (non-hydrogen) atoms. The number of amides is 1. The lowest BCUT2D eigenvalue weighted by Gasteiger charge is -2.24. The predicted molar refractivity (Wildman–Crippen MR) is 73.3 cm³/mol. The Labute approximate surface area is 124 Å². The first-order valence-corrected chi connectivity index (χ1v) is 8.68. The van der Waals surface area contributed by atoms with Crippen molar-refractivity contribution >= 4 is 27.7 Å². The Morgan fingerprint density at radius 1 is 1.33 bits per heavy atom. The van der Waals surface area contributed by atoms with Crippen LogP contribution in [0.4, 0.5) is 13.2 Å². The Morgan fingerprint density at radius 3 is 2.67 bits per heavy atom. The van der Waals surface area contributed by atoms with Gasteiger partial charge < -0.3 is 0 Å². The van der Waals surface area contributed by atoms with Crippen molar-refractivity contribution in [1.82, 2.24) is 4.72 Å². The zero-order valence-corrected chi connectivity index (χ0v) is 12.3. The van der Waals surface area contributed by atoms with E-state index in [1.807, 2.05) is 6.07 Å². The summed E-state index contributed by atoms with van der Waals surface area (Å²) in [7, 11) is -4.73. The van der Waals surface area contributed by atoms with Gasteiger partial charge in [-0.05, 0) is 23.3 Å². The summed E-state index contributed by atoms with van der Waals surface area (Å²) in [5.41, 5.74) is 1.55. The number of carbonyl (C=O) groups is 1. The van der Waals surface area contributed by atoms with Crippen molar-refractivity contribution in [3.63, 3.8) is 0 Å². The first kappa shape index (κ1) is 16.2. The molecule has 0 bridgehead atoms. The number of benzene rings is 1. The molecule has 9 heteroatoms. The summed E-state index contributed by atoms with van der Waals surface area (Å²) < 4.78 is 60.7. The van der Waals surface area contributed by atoms with Crippen molar-refractivity contribution < 1.29 is 26.4 Å². The number of carbonyl (C=O) groups excluding carboxylic acids is 1. The molecule has 0 radical (unpaired) electrons. The second-order valence-corrected chi connectivity index (χ2v) is 7.48. The van der Waals surface area contributed by atoms with Crippen LogP contribution < -0.4 is 4.72 Å². The van der Waals surface area contributed by atoms with Gasteiger partial charge in [-0.2, -0.15) is 13.2 Å². The van der Waals surface area contributed by atoms with Gasteiger partial charge in [0.15, 0.2) is 5.75 Å². The van der Waals surface area contributed by atoms with Crippen LogP contribution in [0.5, 0.6) is 0 Å². The Hall–Kier alpha value is -1.22. The topological polar surface area (TPSA) is 63.2 Å². The second kappa shape index (κ2) is 5.88.